The molecular weight excluding hydrogens is 334 g/mol. The minimum atomic E-state index is -1.14. The molecule has 2 N–H and O–H groups in total. The Kier molecular flexibility index (Phi) is 6.79. The molecule has 26 heavy (non-hydrogen) atoms. The maximum absolute atomic E-state index is 12.1. The molecule has 6 heteroatoms. The third kappa shape index (κ3) is 5.11. The van der Waals surface area contributed by atoms with E-state index in [0.717, 1.165) is 5.56 Å². The van der Waals surface area contributed by atoms with Crippen LogP contribution in [0.2, 0.25) is 0 Å². The van der Waals surface area contributed by atoms with Crippen LogP contribution in [0.1, 0.15) is 24.2 Å². The van der Waals surface area contributed by atoms with Crippen molar-refractivity contribution in [1.82, 2.24) is 0 Å². The van der Waals surface area contributed by atoms with Gasteiger partial charge in [-0.25, -0.2) is 4.79 Å². The third-order valence-electron chi connectivity index (χ3n) is 3.49. The van der Waals surface area contributed by atoms with Crippen LogP contribution in [0.5, 0.6) is 11.5 Å². The predicted molar refractivity (Wildman–Crippen MR) is 97.7 cm³/mol. The second kappa shape index (κ2) is 9.27. The van der Waals surface area contributed by atoms with Gasteiger partial charge < -0.3 is 19.9 Å². The molecule has 2 aromatic rings. The van der Waals surface area contributed by atoms with Crippen molar-refractivity contribution in [3.8, 4) is 11.5 Å². The molecule has 2 rings (SSSR count). The quantitative estimate of drug-likeness (QED) is 0.581. The number of carbonyl (C=O) groups is 2. The van der Waals surface area contributed by atoms with Crippen LogP contribution < -0.4 is 15.2 Å². The molecule has 0 aliphatic heterocycles. The first kappa shape index (κ1) is 19.1. The first-order valence-corrected chi connectivity index (χ1v) is 8.09. The number of hydrogen-bond donors (Lipinski definition) is 1. The summed E-state index contributed by atoms with van der Waals surface area (Å²) in [6.07, 6.45) is 1.65. The lowest BCUT2D eigenvalue weighted by Gasteiger charge is -2.13. The monoisotopic (exact) mass is 355 g/mol. The zero-order chi connectivity index (χ0) is 18.9. The number of nitrogens with two attached hydrogens (primary N) is 1. The molecule has 2 aromatic carbocycles. The molecule has 6 nitrogen and oxygen atoms in total. The molecule has 1 amide bonds. The van der Waals surface area contributed by atoms with Gasteiger partial charge >= 0.3 is 5.97 Å². The number of methoxy groups -OCH3 is 1. The molecule has 0 saturated heterocycles. The average Bonchev–Trinajstić information content (AvgIpc) is 2.66. The maximum Gasteiger partial charge on any atom is 0.331 e. The highest BCUT2D eigenvalue weighted by Gasteiger charge is 2.21. The van der Waals surface area contributed by atoms with Gasteiger partial charge in [0.15, 0.2) is 11.5 Å². The Bertz CT molecular complexity index is 786. The lowest BCUT2D eigenvalue weighted by Crippen LogP contribution is -2.25. The second-order valence-electron chi connectivity index (χ2n) is 5.31. The van der Waals surface area contributed by atoms with Gasteiger partial charge in [0.25, 0.3) is 5.91 Å². The van der Waals surface area contributed by atoms with Crippen LogP contribution in [0, 0.1) is 0 Å². The number of hydrogen-bond acceptors (Lipinski definition) is 5. The van der Waals surface area contributed by atoms with E-state index in [1.54, 1.807) is 54.6 Å². The molecule has 0 aromatic heterocycles. The fourth-order valence-electron chi connectivity index (χ4n) is 2.30. The van der Waals surface area contributed by atoms with Crippen LogP contribution in [-0.2, 0) is 14.3 Å². The number of carbonyl (C=O) groups excluding carboxylic acids is 2. The van der Waals surface area contributed by atoms with Crippen molar-refractivity contribution in [3.63, 3.8) is 0 Å². The topological polar surface area (TPSA) is 87.9 Å². The fourth-order valence-corrected chi connectivity index (χ4v) is 2.30. The number of amides is 1. The number of primary amides is 1. The lowest BCUT2D eigenvalue weighted by molar-refractivity contribution is -0.150. The van der Waals surface area contributed by atoms with E-state index in [-0.39, 0.29) is 0 Å². The average molecular weight is 355 g/mol. The van der Waals surface area contributed by atoms with E-state index in [1.807, 2.05) is 6.92 Å². The van der Waals surface area contributed by atoms with Crippen molar-refractivity contribution in [2.24, 2.45) is 5.73 Å². The van der Waals surface area contributed by atoms with Gasteiger partial charge in [-0.2, -0.15) is 0 Å². The van der Waals surface area contributed by atoms with E-state index in [9.17, 15) is 9.59 Å². The van der Waals surface area contributed by atoms with E-state index in [1.165, 1.54) is 13.2 Å². The van der Waals surface area contributed by atoms with E-state index in [4.69, 9.17) is 19.9 Å². The van der Waals surface area contributed by atoms with E-state index < -0.39 is 18.0 Å². The standard InChI is InChI=1S/C20H21NO5/c1-3-25-16-11-9-14(13-17(16)24-2)10-12-18(22)26-19(20(21)23)15-7-5-4-6-8-15/h4-13,19H,3H2,1-2H3,(H2,21,23)/b12-10+. The van der Waals surface area contributed by atoms with Crippen LogP contribution in [0.4, 0.5) is 0 Å². The van der Waals surface area contributed by atoms with Crippen LogP contribution in [0.3, 0.4) is 0 Å². The van der Waals surface area contributed by atoms with Gasteiger partial charge in [0.2, 0.25) is 6.10 Å². The van der Waals surface area contributed by atoms with Crippen molar-refractivity contribution in [2.75, 3.05) is 13.7 Å². The zero-order valence-electron chi connectivity index (χ0n) is 14.7. The summed E-state index contributed by atoms with van der Waals surface area (Å²) in [5, 5.41) is 0. The first-order valence-electron chi connectivity index (χ1n) is 8.09. The van der Waals surface area contributed by atoms with E-state index in [2.05, 4.69) is 0 Å². The number of esters is 1. The van der Waals surface area contributed by atoms with Crippen LogP contribution >= 0.6 is 0 Å². The van der Waals surface area contributed by atoms with Crippen molar-refractivity contribution in [1.29, 1.82) is 0 Å². The molecule has 0 aliphatic rings. The summed E-state index contributed by atoms with van der Waals surface area (Å²) >= 11 is 0. The number of ether oxygens (including phenoxy) is 3. The van der Waals surface area contributed by atoms with Crippen molar-refractivity contribution < 1.29 is 23.8 Å². The van der Waals surface area contributed by atoms with Crippen LogP contribution in [0.15, 0.2) is 54.6 Å². The van der Waals surface area contributed by atoms with Crippen molar-refractivity contribution >= 4 is 18.0 Å². The zero-order valence-corrected chi connectivity index (χ0v) is 14.7. The summed E-state index contributed by atoms with van der Waals surface area (Å²) in [6, 6.07) is 13.9. The van der Waals surface area contributed by atoms with Crippen molar-refractivity contribution in [2.45, 2.75) is 13.0 Å². The fraction of sp³-hybridized carbons (Fsp3) is 0.200. The van der Waals surface area contributed by atoms with E-state index >= 15 is 0 Å². The Balaban J connectivity index is 2.10. The molecular formula is C20H21NO5. The highest BCUT2D eigenvalue weighted by atomic mass is 16.5. The maximum atomic E-state index is 12.1. The lowest BCUT2D eigenvalue weighted by atomic mass is 10.1. The van der Waals surface area contributed by atoms with E-state index in [0.29, 0.717) is 23.7 Å². The summed E-state index contributed by atoms with van der Waals surface area (Å²) in [6.45, 7) is 2.40. The van der Waals surface area contributed by atoms with Gasteiger partial charge in [0.05, 0.1) is 13.7 Å². The van der Waals surface area contributed by atoms with Crippen LogP contribution in [-0.4, -0.2) is 25.6 Å². The van der Waals surface area contributed by atoms with Gasteiger partial charge in [-0.3, -0.25) is 4.79 Å². The molecule has 136 valence electrons. The Morgan fingerprint density at radius 3 is 2.46 bits per heavy atom. The number of benzene rings is 2. The highest BCUT2D eigenvalue weighted by molar-refractivity contribution is 5.90. The molecule has 0 radical (unpaired) electrons. The first-order chi connectivity index (χ1) is 12.5. The number of rotatable bonds is 8. The largest absolute Gasteiger partial charge is 0.493 e. The Morgan fingerprint density at radius 2 is 1.85 bits per heavy atom. The Labute approximate surface area is 152 Å². The Hall–Kier alpha value is -3.28. The smallest absolute Gasteiger partial charge is 0.331 e. The van der Waals surface area contributed by atoms with Crippen LogP contribution in [0.25, 0.3) is 6.08 Å². The second-order valence-corrected chi connectivity index (χ2v) is 5.31. The Morgan fingerprint density at radius 1 is 1.12 bits per heavy atom. The molecule has 1 atom stereocenters. The summed E-state index contributed by atoms with van der Waals surface area (Å²) in [5.74, 6) is -0.236. The minimum absolute atomic E-state index is 0.518. The summed E-state index contributed by atoms with van der Waals surface area (Å²) in [4.78, 5) is 23.6. The summed E-state index contributed by atoms with van der Waals surface area (Å²) < 4.78 is 15.9. The summed E-state index contributed by atoms with van der Waals surface area (Å²) in [5.41, 5.74) is 6.57. The molecule has 0 spiro atoms. The molecule has 0 bridgehead atoms. The van der Waals surface area contributed by atoms with Gasteiger partial charge in [0.1, 0.15) is 0 Å². The van der Waals surface area contributed by atoms with Gasteiger partial charge in [-0.15, -0.1) is 0 Å². The minimum Gasteiger partial charge on any atom is -0.493 e. The van der Waals surface area contributed by atoms with Gasteiger partial charge in [-0.05, 0) is 30.7 Å². The molecule has 0 fully saturated rings. The third-order valence-corrected chi connectivity index (χ3v) is 3.49. The molecule has 0 aliphatic carbocycles. The van der Waals surface area contributed by atoms with Gasteiger partial charge in [0, 0.05) is 11.6 Å². The molecule has 1 unspecified atom stereocenters. The normalized spacial score (nSPS) is 11.8. The molecule has 0 heterocycles. The molecule has 0 saturated carbocycles. The predicted octanol–water partition coefficient (Wildman–Crippen LogP) is 2.88. The summed E-state index contributed by atoms with van der Waals surface area (Å²) in [7, 11) is 1.54. The van der Waals surface area contributed by atoms with Gasteiger partial charge in [-0.1, -0.05) is 36.4 Å². The SMILES string of the molecule is CCOc1ccc(/C=C/C(=O)OC(C(N)=O)c2ccccc2)cc1OC. The van der Waals surface area contributed by atoms with Crippen molar-refractivity contribution in [3.05, 3.63) is 65.7 Å². The highest BCUT2D eigenvalue weighted by Crippen LogP contribution is 2.28.